The van der Waals surface area contributed by atoms with Gasteiger partial charge >= 0.3 is 0 Å². The maximum atomic E-state index is 12.1. The highest BCUT2D eigenvalue weighted by Gasteiger charge is 2.46. The Kier molecular flexibility index (Phi) is 3.48. The third-order valence-electron chi connectivity index (χ3n) is 5.35. The van der Waals surface area contributed by atoms with E-state index < -0.39 is 0 Å². The zero-order valence-corrected chi connectivity index (χ0v) is 16.0. The molecule has 6 heterocycles. The van der Waals surface area contributed by atoms with Crippen LogP contribution in [0.25, 0.3) is 10.2 Å². The molecule has 3 saturated heterocycles. The van der Waals surface area contributed by atoms with Crippen LogP contribution in [0.5, 0.6) is 0 Å². The maximum absolute atomic E-state index is 12.1. The number of nitrogens with zero attached hydrogens (tertiary/aromatic N) is 6. The minimum absolute atomic E-state index is 0.244. The van der Waals surface area contributed by atoms with E-state index in [1.54, 1.807) is 30.9 Å². The number of piperazine rings is 1. The standard InChI is InChI=1S/C17H17ClN6OS/c1-9-7-26-15-14(9)19-8-20-16(15)24-10-3-11(24)6-23(5-10)12-4-21-22(2)17(25)13(12)18/h4,7-8,10-11H,3,5-6H2,1-2H3. The molecule has 3 aliphatic rings. The molecule has 6 rings (SSSR count). The van der Waals surface area contributed by atoms with Crippen molar-refractivity contribution in [1.29, 1.82) is 0 Å². The Labute approximate surface area is 158 Å². The molecule has 3 aliphatic heterocycles. The molecule has 9 heteroatoms. The van der Waals surface area contributed by atoms with E-state index in [-0.39, 0.29) is 10.6 Å². The van der Waals surface area contributed by atoms with Crippen LogP contribution in [-0.4, -0.2) is 44.9 Å². The van der Waals surface area contributed by atoms with E-state index in [9.17, 15) is 4.79 Å². The minimum atomic E-state index is -0.258. The van der Waals surface area contributed by atoms with E-state index in [1.165, 1.54) is 10.2 Å². The molecule has 7 nitrogen and oxygen atoms in total. The van der Waals surface area contributed by atoms with Crippen molar-refractivity contribution in [3.63, 3.8) is 0 Å². The fraction of sp³-hybridized carbons (Fsp3) is 0.412. The summed E-state index contributed by atoms with van der Waals surface area (Å²) in [6.45, 7) is 3.70. The van der Waals surface area contributed by atoms with Crippen molar-refractivity contribution in [2.24, 2.45) is 7.05 Å². The Balaban J connectivity index is 1.46. The van der Waals surface area contributed by atoms with Crippen LogP contribution in [0.15, 0.2) is 22.7 Å². The molecule has 0 N–H and O–H groups in total. The summed E-state index contributed by atoms with van der Waals surface area (Å²) in [5.41, 5.74) is 2.70. The Morgan fingerprint density at radius 3 is 2.81 bits per heavy atom. The number of thiophene rings is 1. The monoisotopic (exact) mass is 388 g/mol. The second-order valence-electron chi connectivity index (χ2n) is 6.92. The molecule has 3 aromatic rings. The first-order valence-electron chi connectivity index (χ1n) is 8.48. The van der Waals surface area contributed by atoms with Crippen LogP contribution >= 0.6 is 22.9 Å². The van der Waals surface area contributed by atoms with Crippen LogP contribution < -0.4 is 15.4 Å². The first-order chi connectivity index (χ1) is 12.5. The molecule has 26 heavy (non-hydrogen) atoms. The van der Waals surface area contributed by atoms with Gasteiger partial charge in [-0.05, 0) is 24.3 Å². The molecule has 0 radical (unpaired) electrons. The van der Waals surface area contributed by atoms with Crippen LogP contribution in [0.3, 0.4) is 0 Å². The zero-order chi connectivity index (χ0) is 18.0. The normalized spacial score (nSPS) is 22.0. The van der Waals surface area contributed by atoms with Crippen LogP contribution in [0.4, 0.5) is 11.5 Å². The number of aryl methyl sites for hydroxylation is 2. The Morgan fingerprint density at radius 2 is 2.04 bits per heavy atom. The number of rotatable bonds is 2. The van der Waals surface area contributed by atoms with Gasteiger partial charge in [0.05, 0.1) is 34.2 Å². The van der Waals surface area contributed by atoms with E-state index in [2.05, 4.69) is 37.2 Å². The number of hydrogen-bond donors (Lipinski definition) is 0. The number of aromatic nitrogens is 4. The molecule has 0 saturated carbocycles. The zero-order valence-electron chi connectivity index (χ0n) is 14.4. The SMILES string of the molecule is Cc1csc2c(N3C4CC3CN(c3cnn(C)c(=O)c3Cl)C4)ncnc12. The fourth-order valence-corrected chi connectivity index (χ4v) is 5.30. The summed E-state index contributed by atoms with van der Waals surface area (Å²) in [5.74, 6) is 1.03. The topological polar surface area (TPSA) is 67.2 Å². The summed E-state index contributed by atoms with van der Waals surface area (Å²) in [4.78, 5) is 25.7. The Hall–Kier alpha value is -2.19. The van der Waals surface area contributed by atoms with Gasteiger partial charge in [0.2, 0.25) is 0 Å². The summed E-state index contributed by atoms with van der Waals surface area (Å²) < 4.78 is 2.42. The third-order valence-corrected chi connectivity index (χ3v) is 6.79. The number of fused-ring (bicyclic) bond motifs is 3. The van der Waals surface area contributed by atoms with Gasteiger partial charge in [-0.25, -0.2) is 14.6 Å². The molecule has 0 aliphatic carbocycles. The second-order valence-corrected chi connectivity index (χ2v) is 8.18. The largest absolute Gasteiger partial charge is 0.365 e. The quantitative estimate of drug-likeness (QED) is 0.670. The van der Waals surface area contributed by atoms with Gasteiger partial charge in [0, 0.05) is 20.1 Å². The molecule has 0 spiro atoms. The molecule has 3 aromatic heterocycles. The lowest BCUT2D eigenvalue weighted by Gasteiger charge is -2.57. The molecule has 0 amide bonds. The molecule has 2 atom stereocenters. The molecular formula is C17H17ClN6OS. The van der Waals surface area contributed by atoms with Crippen molar-refractivity contribution in [2.45, 2.75) is 25.4 Å². The van der Waals surface area contributed by atoms with Crippen molar-refractivity contribution >= 4 is 44.7 Å². The highest BCUT2D eigenvalue weighted by Crippen LogP contribution is 2.42. The van der Waals surface area contributed by atoms with Gasteiger partial charge in [-0.15, -0.1) is 11.3 Å². The van der Waals surface area contributed by atoms with Crippen molar-refractivity contribution in [3.05, 3.63) is 38.8 Å². The molecular weight excluding hydrogens is 372 g/mol. The Morgan fingerprint density at radius 1 is 1.27 bits per heavy atom. The summed E-state index contributed by atoms with van der Waals surface area (Å²) in [6, 6.07) is 0.712. The van der Waals surface area contributed by atoms with Gasteiger partial charge < -0.3 is 9.80 Å². The van der Waals surface area contributed by atoms with Crippen LogP contribution in [0, 0.1) is 6.92 Å². The summed E-state index contributed by atoms with van der Waals surface area (Å²) >= 11 is 7.99. The fourth-order valence-electron chi connectivity index (χ4n) is 4.02. The van der Waals surface area contributed by atoms with Crippen molar-refractivity contribution in [1.82, 2.24) is 19.7 Å². The van der Waals surface area contributed by atoms with Crippen molar-refractivity contribution in [2.75, 3.05) is 22.9 Å². The number of piperidine rings is 1. The molecule has 134 valence electrons. The summed E-state index contributed by atoms with van der Waals surface area (Å²) in [6.07, 6.45) is 4.47. The van der Waals surface area contributed by atoms with Crippen molar-refractivity contribution < 1.29 is 0 Å². The average molecular weight is 389 g/mol. The van der Waals surface area contributed by atoms with E-state index in [0.29, 0.717) is 12.1 Å². The summed E-state index contributed by atoms with van der Waals surface area (Å²) in [5, 5.41) is 6.50. The molecule has 2 unspecified atom stereocenters. The predicted molar refractivity (Wildman–Crippen MR) is 104 cm³/mol. The summed E-state index contributed by atoms with van der Waals surface area (Å²) in [7, 11) is 1.61. The first kappa shape index (κ1) is 16.0. The predicted octanol–water partition coefficient (Wildman–Crippen LogP) is 2.21. The minimum Gasteiger partial charge on any atom is -0.365 e. The highest BCUT2D eigenvalue weighted by atomic mass is 35.5. The number of halogens is 1. The van der Waals surface area contributed by atoms with Gasteiger partial charge in [-0.2, -0.15) is 5.10 Å². The van der Waals surface area contributed by atoms with Crippen LogP contribution in [-0.2, 0) is 7.05 Å². The van der Waals surface area contributed by atoms with Crippen LogP contribution in [0.1, 0.15) is 12.0 Å². The molecule has 0 aromatic carbocycles. The maximum Gasteiger partial charge on any atom is 0.287 e. The second kappa shape index (κ2) is 5.65. The highest BCUT2D eigenvalue weighted by molar-refractivity contribution is 7.18. The molecule has 2 bridgehead atoms. The van der Waals surface area contributed by atoms with Crippen LogP contribution in [0.2, 0.25) is 5.02 Å². The lowest BCUT2D eigenvalue weighted by molar-refractivity contribution is 0.289. The number of hydrogen-bond acceptors (Lipinski definition) is 7. The van der Waals surface area contributed by atoms with E-state index >= 15 is 0 Å². The van der Waals surface area contributed by atoms with E-state index in [1.807, 2.05) is 0 Å². The van der Waals surface area contributed by atoms with E-state index in [4.69, 9.17) is 11.6 Å². The Bertz CT molecular complexity index is 1070. The smallest absolute Gasteiger partial charge is 0.287 e. The van der Waals surface area contributed by atoms with Gasteiger partial charge in [0.15, 0.2) is 5.82 Å². The molecule has 3 fully saturated rings. The van der Waals surface area contributed by atoms with E-state index in [0.717, 1.165) is 41.2 Å². The lowest BCUT2D eigenvalue weighted by atomic mass is 9.87. The van der Waals surface area contributed by atoms with Gasteiger partial charge in [0.1, 0.15) is 11.3 Å². The van der Waals surface area contributed by atoms with Gasteiger partial charge in [-0.3, -0.25) is 4.79 Å². The van der Waals surface area contributed by atoms with Crippen molar-refractivity contribution in [3.8, 4) is 0 Å². The first-order valence-corrected chi connectivity index (χ1v) is 9.74. The van der Waals surface area contributed by atoms with Gasteiger partial charge in [0.25, 0.3) is 5.56 Å². The average Bonchev–Trinajstić information content (AvgIpc) is 3.02. The number of anilines is 2. The lowest BCUT2D eigenvalue weighted by Crippen LogP contribution is -2.69. The third kappa shape index (κ3) is 2.18. The van der Waals surface area contributed by atoms with Gasteiger partial charge in [-0.1, -0.05) is 11.6 Å².